The number of para-hydroxylation sites is 1. The van der Waals surface area contributed by atoms with E-state index in [1.54, 1.807) is 18.2 Å². The lowest BCUT2D eigenvalue weighted by Gasteiger charge is -2.15. The molecule has 0 saturated heterocycles. The van der Waals surface area contributed by atoms with E-state index in [2.05, 4.69) is 0 Å². The SMILES string of the molecule is COc1cccc(OC)c1[O-]. The fourth-order valence-corrected chi connectivity index (χ4v) is 0.817. The third kappa shape index (κ3) is 1.37. The molecule has 0 radical (unpaired) electrons. The van der Waals surface area contributed by atoms with Crippen LogP contribution in [0.15, 0.2) is 18.2 Å². The largest absolute Gasteiger partial charge is 0.867 e. The Bertz CT molecular complexity index is 223. The van der Waals surface area contributed by atoms with Crippen molar-refractivity contribution in [2.75, 3.05) is 14.2 Å². The first-order valence-corrected chi connectivity index (χ1v) is 3.17. The van der Waals surface area contributed by atoms with E-state index in [-0.39, 0.29) is 5.75 Å². The van der Waals surface area contributed by atoms with Crippen molar-refractivity contribution in [1.82, 2.24) is 0 Å². The van der Waals surface area contributed by atoms with E-state index >= 15 is 0 Å². The average molecular weight is 153 g/mol. The summed E-state index contributed by atoms with van der Waals surface area (Å²) in [5.74, 6) is 0.409. The highest BCUT2D eigenvalue weighted by Crippen LogP contribution is 2.31. The van der Waals surface area contributed by atoms with Crippen LogP contribution in [0.5, 0.6) is 17.2 Å². The van der Waals surface area contributed by atoms with Crippen molar-refractivity contribution in [1.29, 1.82) is 0 Å². The summed E-state index contributed by atoms with van der Waals surface area (Å²) in [6.07, 6.45) is 0. The van der Waals surface area contributed by atoms with E-state index in [0.29, 0.717) is 11.5 Å². The number of hydrogen-bond acceptors (Lipinski definition) is 3. The third-order valence-electron chi connectivity index (χ3n) is 1.38. The van der Waals surface area contributed by atoms with E-state index in [4.69, 9.17) is 9.47 Å². The van der Waals surface area contributed by atoms with Gasteiger partial charge < -0.3 is 14.6 Å². The molecule has 0 unspecified atom stereocenters. The molecule has 0 heterocycles. The molecule has 60 valence electrons. The minimum Gasteiger partial charge on any atom is -0.867 e. The zero-order valence-electron chi connectivity index (χ0n) is 6.46. The maximum Gasteiger partial charge on any atom is 0.114 e. The van der Waals surface area contributed by atoms with Crippen LogP contribution < -0.4 is 14.6 Å². The van der Waals surface area contributed by atoms with Gasteiger partial charge in [-0.3, -0.25) is 0 Å². The zero-order chi connectivity index (χ0) is 8.27. The molecular weight excluding hydrogens is 144 g/mol. The van der Waals surface area contributed by atoms with Crippen molar-refractivity contribution in [2.45, 2.75) is 0 Å². The first-order valence-electron chi connectivity index (χ1n) is 3.17. The van der Waals surface area contributed by atoms with Crippen molar-refractivity contribution in [3.05, 3.63) is 18.2 Å². The lowest BCUT2D eigenvalue weighted by Crippen LogP contribution is -1.97. The Kier molecular flexibility index (Phi) is 2.21. The number of methoxy groups -OCH3 is 2. The van der Waals surface area contributed by atoms with Crippen LogP contribution in [0.25, 0.3) is 0 Å². The second-order valence-corrected chi connectivity index (χ2v) is 1.99. The number of rotatable bonds is 2. The molecule has 1 aromatic rings. The van der Waals surface area contributed by atoms with Crippen molar-refractivity contribution in [3.63, 3.8) is 0 Å². The molecule has 0 bridgehead atoms. The molecule has 1 rings (SSSR count). The van der Waals surface area contributed by atoms with Gasteiger partial charge in [-0.25, -0.2) is 0 Å². The van der Waals surface area contributed by atoms with Gasteiger partial charge in [-0.15, -0.1) is 0 Å². The molecule has 11 heavy (non-hydrogen) atoms. The Morgan fingerprint density at radius 2 is 1.55 bits per heavy atom. The summed E-state index contributed by atoms with van der Waals surface area (Å²) in [6.45, 7) is 0. The van der Waals surface area contributed by atoms with E-state index in [9.17, 15) is 5.11 Å². The highest BCUT2D eigenvalue weighted by atomic mass is 16.5. The maximum atomic E-state index is 11.2. The Morgan fingerprint density at radius 3 is 1.91 bits per heavy atom. The second-order valence-electron chi connectivity index (χ2n) is 1.99. The lowest BCUT2D eigenvalue weighted by molar-refractivity contribution is -0.271. The Hall–Kier alpha value is -1.38. The van der Waals surface area contributed by atoms with Crippen LogP contribution in [0, 0.1) is 0 Å². The van der Waals surface area contributed by atoms with Gasteiger partial charge in [0.25, 0.3) is 0 Å². The highest BCUT2D eigenvalue weighted by Gasteiger charge is 1.97. The molecular formula is C8H9O3-. The fraction of sp³-hybridized carbons (Fsp3) is 0.250. The number of benzene rings is 1. The predicted octanol–water partition coefficient (Wildman–Crippen LogP) is 0.777. The van der Waals surface area contributed by atoms with Gasteiger partial charge in [0.05, 0.1) is 14.2 Å². The summed E-state index contributed by atoms with van der Waals surface area (Å²) < 4.78 is 9.59. The summed E-state index contributed by atoms with van der Waals surface area (Å²) in [7, 11) is 2.91. The summed E-state index contributed by atoms with van der Waals surface area (Å²) in [6, 6.07) is 4.91. The number of hydrogen-bond donors (Lipinski definition) is 0. The molecule has 0 aliphatic heterocycles. The van der Waals surface area contributed by atoms with E-state index in [1.807, 2.05) is 0 Å². The van der Waals surface area contributed by atoms with E-state index < -0.39 is 0 Å². The summed E-state index contributed by atoms with van der Waals surface area (Å²) in [4.78, 5) is 0. The highest BCUT2D eigenvalue weighted by molar-refractivity contribution is 5.48. The second kappa shape index (κ2) is 3.14. The van der Waals surface area contributed by atoms with Gasteiger partial charge in [0.15, 0.2) is 0 Å². The van der Waals surface area contributed by atoms with Crippen LogP contribution >= 0.6 is 0 Å². The molecule has 3 nitrogen and oxygen atoms in total. The van der Waals surface area contributed by atoms with Gasteiger partial charge in [-0.1, -0.05) is 6.07 Å². The monoisotopic (exact) mass is 153 g/mol. The summed E-state index contributed by atoms with van der Waals surface area (Å²) in [5.41, 5.74) is 0. The van der Waals surface area contributed by atoms with Crippen molar-refractivity contribution < 1.29 is 14.6 Å². The van der Waals surface area contributed by atoms with Gasteiger partial charge >= 0.3 is 0 Å². The molecule has 0 fully saturated rings. The average Bonchev–Trinajstić information content (AvgIpc) is 2.05. The minimum atomic E-state index is -0.211. The van der Waals surface area contributed by atoms with Crippen LogP contribution in [0.1, 0.15) is 0 Å². The molecule has 0 aromatic heterocycles. The van der Waals surface area contributed by atoms with Gasteiger partial charge in [-0.05, 0) is 17.9 Å². The van der Waals surface area contributed by atoms with Crippen molar-refractivity contribution in [2.24, 2.45) is 0 Å². The van der Waals surface area contributed by atoms with Gasteiger partial charge in [0.2, 0.25) is 0 Å². The summed E-state index contributed by atoms with van der Waals surface area (Å²) >= 11 is 0. The molecule has 0 atom stereocenters. The molecule has 0 spiro atoms. The first-order chi connectivity index (χ1) is 5.29. The summed E-state index contributed by atoms with van der Waals surface area (Å²) in [5, 5.41) is 11.2. The molecule has 0 N–H and O–H groups in total. The van der Waals surface area contributed by atoms with Crippen LogP contribution in [0.2, 0.25) is 0 Å². The normalized spacial score (nSPS) is 9.27. The Morgan fingerprint density at radius 1 is 1.09 bits per heavy atom. The van der Waals surface area contributed by atoms with E-state index in [1.165, 1.54) is 14.2 Å². The van der Waals surface area contributed by atoms with Gasteiger partial charge in [0, 0.05) is 0 Å². The molecule has 1 aromatic carbocycles. The molecule has 0 saturated carbocycles. The number of ether oxygens (including phenoxy) is 2. The van der Waals surface area contributed by atoms with Crippen LogP contribution in [0.4, 0.5) is 0 Å². The topological polar surface area (TPSA) is 41.5 Å². The van der Waals surface area contributed by atoms with Crippen LogP contribution in [0.3, 0.4) is 0 Å². The maximum absolute atomic E-state index is 11.2. The van der Waals surface area contributed by atoms with E-state index in [0.717, 1.165) is 0 Å². The standard InChI is InChI=1S/C8H10O3/c1-10-6-4-3-5-7(11-2)8(6)9/h3-5,9H,1-2H3/p-1. The fourth-order valence-electron chi connectivity index (χ4n) is 0.817. The predicted molar refractivity (Wildman–Crippen MR) is 39.0 cm³/mol. The smallest absolute Gasteiger partial charge is 0.114 e. The first kappa shape index (κ1) is 7.72. The third-order valence-corrected chi connectivity index (χ3v) is 1.38. The van der Waals surface area contributed by atoms with Crippen molar-refractivity contribution in [3.8, 4) is 17.2 Å². The van der Waals surface area contributed by atoms with Gasteiger partial charge in [-0.2, -0.15) is 0 Å². The quantitative estimate of drug-likeness (QED) is 0.630. The van der Waals surface area contributed by atoms with Gasteiger partial charge in [0.1, 0.15) is 11.5 Å². The zero-order valence-corrected chi connectivity index (χ0v) is 6.46. The minimum absolute atomic E-state index is 0.211. The molecule has 0 amide bonds. The lowest BCUT2D eigenvalue weighted by atomic mass is 10.3. The Balaban J connectivity index is 3.10. The Labute approximate surface area is 65.2 Å². The van der Waals surface area contributed by atoms with Crippen LogP contribution in [-0.4, -0.2) is 14.2 Å². The van der Waals surface area contributed by atoms with Crippen LogP contribution in [-0.2, 0) is 0 Å². The molecule has 0 aliphatic carbocycles. The molecule has 0 aliphatic rings. The molecule has 3 heteroatoms. The van der Waals surface area contributed by atoms with Crippen molar-refractivity contribution >= 4 is 0 Å².